The van der Waals surface area contributed by atoms with E-state index in [4.69, 9.17) is 4.42 Å². The molecule has 0 N–H and O–H groups in total. The van der Waals surface area contributed by atoms with E-state index in [9.17, 15) is 13.2 Å². The second kappa shape index (κ2) is 8.88. The molecule has 6 nitrogen and oxygen atoms in total. The van der Waals surface area contributed by atoms with Gasteiger partial charge in [0.05, 0.1) is 33.7 Å². The lowest BCUT2D eigenvalue weighted by atomic mass is 10.1. The van der Waals surface area contributed by atoms with Crippen LogP contribution in [0.2, 0.25) is 0 Å². The summed E-state index contributed by atoms with van der Waals surface area (Å²) in [5.74, 6) is 0.0180. The van der Waals surface area contributed by atoms with Gasteiger partial charge in [0.2, 0.25) is 5.91 Å². The number of hydrogen-bond donors (Lipinski definition) is 0. The van der Waals surface area contributed by atoms with Crippen molar-refractivity contribution in [1.29, 1.82) is 0 Å². The SMILES string of the molecule is Cc1ccc(S(=O)(=O)CCC(=O)N(Cc2ccco2)c2nc3cc(C)cc(C)c3s2)cc1. The second-order valence-corrected chi connectivity index (χ2v) is 11.0. The predicted octanol–water partition coefficient (Wildman–Crippen LogP) is 5.21. The highest BCUT2D eigenvalue weighted by molar-refractivity contribution is 7.91. The van der Waals surface area contributed by atoms with Crippen molar-refractivity contribution in [2.24, 2.45) is 0 Å². The summed E-state index contributed by atoms with van der Waals surface area (Å²) in [6, 6.07) is 14.3. The Hall–Kier alpha value is -2.97. The fraction of sp³-hybridized carbons (Fsp3) is 0.250. The number of thiazole rings is 1. The molecule has 0 bridgehead atoms. The molecule has 0 aliphatic rings. The van der Waals surface area contributed by atoms with E-state index in [-0.39, 0.29) is 29.5 Å². The zero-order valence-corrected chi connectivity index (χ0v) is 19.8. The van der Waals surface area contributed by atoms with Gasteiger partial charge >= 0.3 is 0 Å². The van der Waals surface area contributed by atoms with Crippen molar-refractivity contribution in [2.45, 2.75) is 38.6 Å². The lowest BCUT2D eigenvalue weighted by Gasteiger charge is -2.18. The van der Waals surface area contributed by atoms with Gasteiger partial charge < -0.3 is 4.42 Å². The molecule has 0 aliphatic heterocycles. The smallest absolute Gasteiger partial charge is 0.230 e. The molecular weight excluding hydrogens is 444 g/mol. The topological polar surface area (TPSA) is 80.5 Å². The average Bonchev–Trinajstić information content (AvgIpc) is 3.40. The third-order valence-corrected chi connectivity index (χ3v) is 8.16. The molecule has 0 saturated carbocycles. The van der Waals surface area contributed by atoms with E-state index in [0.29, 0.717) is 10.9 Å². The predicted molar refractivity (Wildman–Crippen MR) is 127 cm³/mol. The first kappa shape index (κ1) is 22.2. The number of anilines is 1. The zero-order chi connectivity index (χ0) is 22.9. The molecule has 4 rings (SSSR count). The minimum absolute atomic E-state index is 0.148. The van der Waals surface area contributed by atoms with Crippen molar-refractivity contribution in [3.63, 3.8) is 0 Å². The second-order valence-electron chi connectivity index (χ2n) is 7.87. The van der Waals surface area contributed by atoms with E-state index in [0.717, 1.165) is 26.9 Å². The molecule has 32 heavy (non-hydrogen) atoms. The summed E-state index contributed by atoms with van der Waals surface area (Å²) in [7, 11) is -3.57. The minimum atomic E-state index is -3.57. The maximum atomic E-state index is 13.2. The van der Waals surface area contributed by atoms with E-state index in [1.807, 2.05) is 26.8 Å². The number of hydrogen-bond acceptors (Lipinski definition) is 6. The highest BCUT2D eigenvalue weighted by Gasteiger charge is 2.24. The number of rotatable bonds is 7. The third-order valence-electron chi connectivity index (χ3n) is 5.20. The number of benzene rings is 2. The van der Waals surface area contributed by atoms with Crippen molar-refractivity contribution in [3.05, 3.63) is 77.2 Å². The van der Waals surface area contributed by atoms with Crippen LogP contribution in [0.4, 0.5) is 5.13 Å². The van der Waals surface area contributed by atoms with E-state index in [1.54, 1.807) is 42.7 Å². The van der Waals surface area contributed by atoms with Crippen LogP contribution in [-0.4, -0.2) is 25.1 Å². The first-order valence-electron chi connectivity index (χ1n) is 10.2. The van der Waals surface area contributed by atoms with Crippen LogP contribution in [0.5, 0.6) is 0 Å². The Kier molecular flexibility index (Phi) is 6.17. The molecule has 4 aromatic rings. The standard InChI is InChI=1S/C24H24N2O4S2/c1-16-6-8-20(9-7-16)32(28,29)12-10-22(27)26(15-19-5-4-11-30-19)24-25-21-14-17(2)13-18(3)23(21)31-24/h4-9,11,13-14H,10,12,15H2,1-3H3. The van der Waals surface area contributed by atoms with Crippen LogP contribution in [0.25, 0.3) is 10.2 Å². The van der Waals surface area contributed by atoms with Crippen molar-refractivity contribution >= 4 is 42.4 Å². The van der Waals surface area contributed by atoms with E-state index in [1.165, 1.54) is 16.2 Å². The number of fused-ring (bicyclic) bond motifs is 1. The Bertz CT molecular complexity index is 1360. The van der Waals surface area contributed by atoms with Gasteiger partial charge in [-0.2, -0.15) is 0 Å². The van der Waals surface area contributed by atoms with E-state index in [2.05, 4.69) is 11.1 Å². The number of amides is 1. The van der Waals surface area contributed by atoms with Crippen LogP contribution < -0.4 is 4.90 Å². The molecule has 0 saturated heterocycles. The Morgan fingerprint density at radius 2 is 1.81 bits per heavy atom. The van der Waals surface area contributed by atoms with Gasteiger partial charge in [0.25, 0.3) is 0 Å². The molecular formula is C24H24N2O4S2. The summed E-state index contributed by atoms with van der Waals surface area (Å²) in [5, 5.41) is 0.530. The molecule has 1 amide bonds. The van der Waals surface area contributed by atoms with Gasteiger partial charge in [-0.3, -0.25) is 9.69 Å². The first-order chi connectivity index (χ1) is 15.2. The van der Waals surface area contributed by atoms with Crippen LogP contribution in [0.1, 0.15) is 28.9 Å². The Balaban J connectivity index is 1.61. The summed E-state index contributed by atoms with van der Waals surface area (Å²) >= 11 is 1.43. The number of carbonyl (C=O) groups excluding carboxylic acids is 1. The van der Waals surface area contributed by atoms with Gasteiger partial charge in [0.15, 0.2) is 15.0 Å². The Morgan fingerprint density at radius 3 is 2.50 bits per heavy atom. The number of sulfone groups is 1. The van der Waals surface area contributed by atoms with Crippen LogP contribution >= 0.6 is 11.3 Å². The molecule has 2 aromatic heterocycles. The van der Waals surface area contributed by atoms with Gasteiger partial charge in [-0.15, -0.1) is 0 Å². The highest BCUT2D eigenvalue weighted by Crippen LogP contribution is 2.33. The monoisotopic (exact) mass is 468 g/mol. The van der Waals surface area contributed by atoms with E-state index >= 15 is 0 Å². The highest BCUT2D eigenvalue weighted by atomic mass is 32.2. The van der Waals surface area contributed by atoms with Crippen molar-refractivity contribution in [2.75, 3.05) is 10.7 Å². The lowest BCUT2D eigenvalue weighted by Crippen LogP contribution is -2.31. The zero-order valence-electron chi connectivity index (χ0n) is 18.2. The summed E-state index contributed by atoms with van der Waals surface area (Å²) in [6.07, 6.45) is 1.40. The molecule has 0 radical (unpaired) electrons. The van der Waals surface area contributed by atoms with Crippen molar-refractivity contribution < 1.29 is 17.6 Å². The van der Waals surface area contributed by atoms with Gasteiger partial charge in [0.1, 0.15) is 5.76 Å². The fourth-order valence-corrected chi connectivity index (χ4v) is 5.78. The lowest BCUT2D eigenvalue weighted by molar-refractivity contribution is -0.118. The van der Waals surface area contributed by atoms with Crippen LogP contribution in [0.15, 0.2) is 64.1 Å². The molecule has 0 unspecified atom stereocenters. The summed E-state index contributed by atoms with van der Waals surface area (Å²) in [5.41, 5.74) is 3.99. The molecule has 2 heterocycles. The first-order valence-corrected chi connectivity index (χ1v) is 12.7. The Morgan fingerprint density at radius 1 is 1.06 bits per heavy atom. The summed E-state index contributed by atoms with van der Waals surface area (Å²) < 4.78 is 31.9. The number of nitrogens with zero attached hydrogens (tertiary/aromatic N) is 2. The van der Waals surface area contributed by atoms with Gasteiger partial charge in [-0.1, -0.05) is 35.1 Å². The normalized spacial score (nSPS) is 11.7. The van der Waals surface area contributed by atoms with Crippen molar-refractivity contribution in [3.8, 4) is 0 Å². The number of aromatic nitrogens is 1. The summed E-state index contributed by atoms with van der Waals surface area (Å²) in [4.78, 5) is 19.6. The molecule has 2 aromatic carbocycles. The Labute approximate surface area is 191 Å². The van der Waals surface area contributed by atoms with Gasteiger partial charge in [-0.05, 0) is 62.2 Å². The van der Waals surface area contributed by atoms with Crippen LogP contribution in [0.3, 0.4) is 0 Å². The molecule has 166 valence electrons. The number of furan rings is 1. The fourth-order valence-electron chi connectivity index (χ4n) is 3.52. The largest absolute Gasteiger partial charge is 0.467 e. The van der Waals surface area contributed by atoms with Gasteiger partial charge in [0, 0.05) is 6.42 Å². The maximum Gasteiger partial charge on any atom is 0.230 e. The molecule has 0 aliphatic carbocycles. The van der Waals surface area contributed by atoms with Crippen LogP contribution in [0, 0.1) is 20.8 Å². The molecule has 0 fully saturated rings. The summed E-state index contributed by atoms with van der Waals surface area (Å²) in [6.45, 7) is 6.11. The number of carbonyl (C=O) groups is 1. The van der Waals surface area contributed by atoms with Gasteiger partial charge in [-0.25, -0.2) is 13.4 Å². The average molecular weight is 469 g/mol. The molecule has 0 spiro atoms. The third kappa shape index (κ3) is 4.76. The minimum Gasteiger partial charge on any atom is -0.467 e. The number of aryl methyl sites for hydroxylation is 3. The van der Waals surface area contributed by atoms with Crippen LogP contribution in [-0.2, 0) is 21.2 Å². The quantitative estimate of drug-likeness (QED) is 0.372. The molecule has 8 heteroatoms. The van der Waals surface area contributed by atoms with Crippen molar-refractivity contribution in [1.82, 2.24) is 4.98 Å². The van der Waals surface area contributed by atoms with E-state index < -0.39 is 9.84 Å². The maximum absolute atomic E-state index is 13.2. The molecule has 0 atom stereocenters.